The highest BCUT2D eigenvalue weighted by molar-refractivity contribution is 5.84. The summed E-state index contributed by atoms with van der Waals surface area (Å²) in [6.45, 7) is 1.73. The van der Waals surface area contributed by atoms with E-state index in [1.165, 1.54) is 0 Å². The van der Waals surface area contributed by atoms with Gasteiger partial charge in [-0.3, -0.25) is 9.59 Å². The summed E-state index contributed by atoms with van der Waals surface area (Å²) in [7, 11) is 0. The van der Waals surface area contributed by atoms with E-state index in [9.17, 15) is 9.59 Å². The molecular formula is C10H14O4. The van der Waals surface area contributed by atoms with Crippen molar-refractivity contribution in [2.24, 2.45) is 11.3 Å². The zero-order valence-electron chi connectivity index (χ0n) is 8.06. The summed E-state index contributed by atoms with van der Waals surface area (Å²) in [5.41, 5.74) is -1.11. The fraction of sp³-hybridized carbons (Fsp3) is 0.600. The second kappa shape index (κ2) is 3.82. The lowest BCUT2D eigenvalue weighted by Gasteiger charge is -2.34. The van der Waals surface area contributed by atoms with Crippen molar-refractivity contribution in [2.75, 3.05) is 0 Å². The topological polar surface area (TPSA) is 74.6 Å². The molecule has 0 fully saturated rings. The predicted octanol–water partition coefficient (Wildman–Crippen LogP) is 1.52. The zero-order chi connectivity index (χ0) is 10.8. The number of carbonyl (C=O) groups is 2. The maximum atomic E-state index is 11.1. The molecule has 78 valence electrons. The van der Waals surface area contributed by atoms with Gasteiger partial charge >= 0.3 is 11.9 Å². The molecule has 0 radical (unpaired) electrons. The predicted molar refractivity (Wildman–Crippen MR) is 49.9 cm³/mol. The lowest BCUT2D eigenvalue weighted by molar-refractivity contribution is -0.163. The molecule has 0 aromatic heterocycles. The standard InChI is InChI=1S/C10H14O4/c1-2-10(9(13)14)6-4-3-5-7(10)8(11)12/h3-4,7H,2,5-6H2,1H3,(H,11,12)(H,13,14). The second-order valence-corrected chi connectivity index (χ2v) is 3.62. The molecule has 0 spiro atoms. The minimum Gasteiger partial charge on any atom is -0.481 e. The van der Waals surface area contributed by atoms with Gasteiger partial charge in [-0.1, -0.05) is 19.1 Å². The maximum absolute atomic E-state index is 11.1. The Morgan fingerprint density at radius 2 is 2.07 bits per heavy atom. The first-order valence-electron chi connectivity index (χ1n) is 4.66. The van der Waals surface area contributed by atoms with E-state index in [-0.39, 0.29) is 0 Å². The van der Waals surface area contributed by atoms with Crippen molar-refractivity contribution in [3.63, 3.8) is 0 Å². The molecular weight excluding hydrogens is 184 g/mol. The van der Waals surface area contributed by atoms with Crippen molar-refractivity contribution in [2.45, 2.75) is 26.2 Å². The highest BCUT2D eigenvalue weighted by atomic mass is 16.4. The van der Waals surface area contributed by atoms with Gasteiger partial charge in [-0.25, -0.2) is 0 Å². The number of carboxylic acids is 2. The number of carboxylic acid groups (broad SMARTS) is 2. The van der Waals surface area contributed by atoms with E-state index in [0.717, 1.165) is 0 Å². The summed E-state index contributed by atoms with van der Waals surface area (Å²) in [4.78, 5) is 22.1. The minimum atomic E-state index is -1.11. The Morgan fingerprint density at radius 1 is 1.43 bits per heavy atom. The quantitative estimate of drug-likeness (QED) is 0.674. The first-order valence-corrected chi connectivity index (χ1v) is 4.66. The summed E-state index contributed by atoms with van der Waals surface area (Å²) in [5.74, 6) is -2.81. The van der Waals surface area contributed by atoms with E-state index in [4.69, 9.17) is 10.2 Å². The molecule has 0 bridgehead atoms. The van der Waals surface area contributed by atoms with E-state index < -0.39 is 23.3 Å². The third-order valence-electron chi connectivity index (χ3n) is 3.04. The van der Waals surface area contributed by atoms with Crippen molar-refractivity contribution in [3.05, 3.63) is 12.2 Å². The summed E-state index contributed by atoms with van der Waals surface area (Å²) in [6.07, 6.45) is 4.49. The number of hydrogen-bond acceptors (Lipinski definition) is 2. The van der Waals surface area contributed by atoms with Gasteiger partial charge in [-0.15, -0.1) is 0 Å². The summed E-state index contributed by atoms with van der Waals surface area (Å²) < 4.78 is 0. The van der Waals surface area contributed by atoms with E-state index >= 15 is 0 Å². The summed E-state index contributed by atoms with van der Waals surface area (Å²) >= 11 is 0. The lowest BCUT2D eigenvalue weighted by Crippen LogP contribution is -2.43. The Balaban J connectivity index is 3.07. The Bertz CT molecular complexity index is 282. The Hall–Kier alpha value is -1.32. The van der Waals surface area contributed by atoms with Gasteiger partial charge in [0.25, 0.3) is 0 Å². The van der Waals surface area contributed by atoms with Crippen LogP contribution in [0.5, 0.6) is 0 Å². The molecule has 4 heteroatoms. The van der Waals surface area contributed by atoms with Crippen molar-refractivity contribution >= 4 is 11.9 Å². The lowest BCUT2D eigenvalue weighted by atomic mass is 9.67. The zero-order valence-corrected chi connectivity index (χ0v) is 8.06. The van der Waals surface area contributed by atoms with Crippen molar-refractivity contribution in [1.29, 1.82) is 0 Å². The SMILES string of the molecule is CCC1(C(=O)O)CC=CCC1C(=O)O. The smallest absolute Gasteiger partial charge is 0.310 e. The van der Waals surface area contributed by atoms with Gasteiger partial charge in [0.05, 0.1) is 11.3 Å². The molecule has 1 aliphatic rings. The molecule has 0 aliphatic heterocycles. The van der Waals surface area contributed by atoms with Crippen LogP contribution < -0.4 is 0 Å². The van der Waals surface area contributed by atoms with Gasteiger partial charge in [-0.05, 0) is 19.3 Å². The van der Waals surface area contributed by atoms with Crippen molar-refractivity contribution in [3.8, 4) is 0 Å². The van der Waals surface area contributed by atoms with Crippen LogP contribution in [0.25, 0.3) is 0 Å². The Morgan fingerprint density at radius 3 is 2.43 bits per heavy atom. The van der Waals surface area contributed by atoms with Gasteiger partial charge in [0.1, 0.15) is 0 Å². The van der Waals surface area contributed by atoms with E-state index in [1.807, 2.05) is 0 Å². The van der Waals surface area contributed by atoms with Crippen LogP contribution in [0.4, 0.5) is 0 Å². The molecule has 4 nitrogen and oxygen atoms in total. The average Bonchev–Trinajstić information content (AvgIpc) is 2.17. The van der Waals surface area contributed by atoms with Gasteiger partial charge in [0.2, 0.25) is 0 Å². The molecule has 0 saturated carbocycles. The van der Waals surface area contributed by atoms with Gasteiger partial charge in [0.15, 0.2) is 0 Å². The largest absolute Gasteiger partial charge is 0.481 e. The monoisotopic (exact) mass is 198 g/mol. The Kier molecular flexibility index (Phi) is 2.93. The normalized spacial score (nSPS) is 31.4. The first kappa shape index (κ1) is 10.8. The van der Waals surface area contributed by atoms with Crippen molar-refractivity contribution < 1.29 is 19.8 Å². The number of hydrogen-bond donors (Lipinski definition) is 2. The minimum absolute atomic E-state index is 0.315. The van der Waals surface area contributed by atoms with E-state index in [2.05, 4.69) is 0 Å². The van der Waals surface area contributed by atoms with Crippen LogP contribution in [0.15, 0.2) is 12.2 Å². The van der Waals surface area contributed by atoms with Gasteiger partial charge < -0.3 is 10.2 Å². The summed E-state index contributed by atoms with van der Waals surface area (Å²) in [6, 6.07) is 0. The molecule has 0 aromatic rings. The Labute approximate surface area is 82.2 Å². The van der Waals surface area contributed by atoms with E-state index in [1.54, 1.807) is 19.1 Å². The molecule has 0 saturated heterocycles. The van der Waals surface area contributed by atoms with E-state index in [0.29, 0.717) is 19.3 Å². The fourth-order valence-electron chi connectivity index (χ4n) is 2.01. The van der Waals surface area contributed by atoms with Gasteiger partial charge in [0, 0.05) is 0 Å². The molecule has 2 unspecified atom stereocenters. The molecule has 2 N–H and O–H groups in total. The average molecular weight is 198 g/mol. The van der Waals surface area contributed by atoms with Crippen LogP contribution >= 0.6 is 0 Å². The summed E-state index contributed by atoms with van der Waals surface area (Å²) in [5, 5.41) is 18.1. The highest BCUT2D eigenvalue weighted by Gasteiger charge is 2.48. The van der Waals surface area contributed by atoms with Crippen LogP contribution in [-0.4, -0.2) is 22.2 Å². The molecule has 14 heavy (non-hydrogen) atoms. The van der Waals surface area contributed by atoms with Crippen molar-refractivity contribution in [1.82, 2.24) is 0 Å². The number of rotatable bonds is 3. The fourth-order valence-corrected chi connectivity index (χ4v) is 2.01. The molecule has 1 aliphatic carbocycles. The molecule has 0 amide bonds. The first-order chi connectivity index (χ1) is 6.54. The molecule has 1 rings (SSSR count). The molecule has 0 heterocycles. The van der Waals surface area contributed by atoms with Crippen LogP contribution in [0.2, 0.25) is 0 Å². The molecule has 2 atom stereocenters. The highest BCUT2D eigenvalue weighted by Crippen LogP contribution is 2.41. The van der Waals surface area contributed by atoms with Gasteiger partial charge in [-0.2, -0.15) is 0 Å². The third-order valence-corrected chi connectivity index (χ3v) is 3.04. The van der Waals surface area contributed by atoms with Crippen LogP contribution in [0.3, 0.4) is 0 Å². The van der Waals surface area contributed by atoms with Crippen LogP contribution in [0, 0.1) is 11.3 Å². The number of aliphatic carboxylic acids is 2. The second-order valence-electron chi connectivity index (χ2n) is 3.62. The maximum Gasteiger partial charge on any atom is 0.310 e. The molecule has 0 aromatic carbocycles. The third kappa shape index (κ3) is 1.52. The number of allylic oxidation sites excluding steroid dienone is 2. The van der Waals surface area contributed by atoms with Crippen LogP contribution in [0.1, 0.15) is 26.2 Å². The van der Waals surface area contributed by atoms with Crippen LogP contribution in [-0.2, 0) is 9.59 Å².